The number of aliphatic hydroxyl groups excluding tert-OH is 1. The average Bonchev–Trinajstić information content (AvgIpc) is 3.64. The summed E-state index contributed by atoms with van der Waals surface area (Å²) in [4.78, 5) is 70.1. The molecule has 4 N–H and O–H groups in total. The van der Waals surface area contributed by atoms with Gasteiger partial charge in [-0.15, -0.1) is 0 Å². The minimum absolute atomic E-state index is 0.0299. The molecule has 3 fully saturated rings. The monoisotopic (exact) mass is 569 g/mol. The van der Waals surface area contributed by atoms with Crippen molar-refractivity contribution >= 4 is 29.5 Å². The number of carbonyl (C=O) groups excluding carboxylic acids is 5. The second-order valence-electron chi connectivity index (χ2n) is 11.6. The van der Waals surface area contributed by atoms with Gasteiger partial charge in [-0.25, -0.2) is 0 Å². The third-order valence-electron chi connectivity index (χ3n) is 8.61. The van der Waals surface area contributed by atoms with Crippen LogP contribution in [0.2, 0.25) is 0 Å². The highest BCUT2D eigenvalue weighted by atomic mass is 16.3. The summed E-state index contributed by atoms with van der Waals surface area (Å²) >= 11 is 0. The van der Waals surface area contributed by atoms with E-state index in [0.29, 0.717) is 6.42 Å². The Bertz CT molecular complexity index is 1110. The number of hydrogen-bond donors (Lipinski definition) is 4. The first kappa shape index (κ1) is 30.5. The van der Waals surface area contributed by atoms with Crippen molar-refractivity contribution < 1.29 is 29.1 Å². The lowest BCUT2D eigenvalue weighted by Crippen LogP contribution is -2.58. The van der Waals surface area contributed by atoms with Gasteiger partial charge in [0.15, 0.2) is 0 Å². The summed E-state index contributed by atoms with van der Waals surface area (Å²) in [7, 11) is 0. The van der Waals surface area contributed by atoms with Crippen LogP contribution in [0.15, 0.2) is 30.3 Å². The van der Waals surface area contributed by atoms with Gasteiger partial charge < -0.3 is 30.9 Å². The highest BCUT2D eigenvalue weighted by Crippen LogP contribution is 2.27. The molecule has 4 rings (SSSR count). The molecule has 11 heteroatoms. The third-order valence-corrected chi connectivity index (χ3v) is 8.61. The Labute approximate surface area is 241 Å². The minimum Gasteiger partial charge on any atom is -0.391 e. The first-order valence-electron chi connectivity index (χ1n) is 14.9. The smallest absolute Gasteiger partial charge is 0.246 e. The molecule has 5 atom stereocenters. The molecule has 1 aromatic rings. The van der Waals surface area contributed by atoms with E-state index >= 15 is 0 Å². The van der Waals surface area contributed by atoms with E-state index < -0.39 is 47.9 Å². The Hall–Kier alpha value is -3.47. The van der Waals surface area contributed by atoms with E-state index in [-0.39, 0.29) is 56.8 Å². The lowest BCUT2D eigenvalue weighted by atomic mass is 9.97. The van der Waals surface area contributed by atoms with Crippen LogP contribution in [0.5, 0.6) is 0 Å². The lowest BCUT2D eigenvalue weighted by molar-refractivity contribution is -0.144. The van der Waals surface area contributed by atoms with Crippen molar-refractivity contribution in [1.29, 1.82) is 0 Å². The van der Waals surface area contributed by atoms with Gasteiger partial charge in [-0.2, -0.15) is 0 Å². The standard InChI is InChI=1S/C30H43N5O6/c1-3-19(2)26-30(41)35-17-22(36)16-24(35)28(39)32-23(15-20-9-5-4-6-10-20)27(38)31-13-14-34(18-25(37)33-26)29(40)21-11-7-8-12-21/h4-6,9-10,19,21-24,26,36H,3,7-8,11-18H2,1-2H3,(H,31,38)(H,32,39)(H,33,37)/t19-,22+,23-,24-,26-/m0/s1. The third kappa shape index (κ3) is 7.63. The maximum Gasteiger partial charge on any atom is 0.246 e. The summed E-state index contributed by atoms with van der Waals surface area (Å²) in [6.07, 6.45) is 3.38. The summed E-state index contributed by atoms with van der Waals surface area (Å²) in [5, 5.41) is 18.9. The second kappa shape index (κ2) is 13.9. The van der Waals surface area contributed by atoms with Crippen molar-refractivity contribution in [2.24, 2.45) is 11.8 Å². The maximum absolute atomic E-state index is 13.8. The van der Waals surface area contributed by atoms with Crippen LogP contribution in [-0.4, -0.2) is 94.9 Å². The number of rotatable bonds is 5. The predicted octanol–water partition coefficient (Wildman–Crippen LogP) is 0.355. The number of aliphatic hydroxyl groups is 1. The molecule has 224 valence electrons. The highest BCUT2D eigenvalue weighted by molar-refractivity contribution is 5.95. The van der Waals surface area contributed by atoms with Gasteiger partial charge in [0.05, 0.1) is 12.6 Å². The molecule has 2 aliphatic heterocycles. The fourth-order valence-electron chi connectivity index (χ4n) is 6.02. The summed E-state index contributed by atoms with van der Waals surface area (Å²) in [6, 6.07) is 6.43. The molecule has 3 aliphatic rings. The van der Waals surface area contributed by atoms with E-state index in [1.54, 1.807) is 0 Å². The van der Waals surface area contributed by atoms with Crippen LogP contribution in [0.3, 0.4) is 0 Å². The minimum atomic E-state index is -0.988. The number of carbonyl (C=O) groups is 5. The van der Waals surface area contributed by atoms with Crippen LogP contribution in [-0.2, 0) is 30.4 Å². The quantitative estimate of drug-likeness (QED) is 0.402. The second-order valence-corrected chi connectivity index (χ2v) is 11.6. The fraction of sp³-hybridized carbons (Fsp3) is 0.633. The summed E-state index contributed by atoms with van der Waals surface area (Å²) in [5.74, 6) is -2.44. The van der Waals surface area contributed by atoms with Crippen molar-refractivity contribution in [2.75, 3.05) is 26.2 Å². The topological polar surface area (TPSA) is 148 Å². The molecule has 41 heavy (non-hydrogen) atoms. The largest absolute Gasteiger partial charge is 0.391 e. The van der Waals surface area contributed by atoms with E-state index in [1.165, 1.54) is 9.80 Å². The van der Waals surface area contributed by atoms with Gasteiger partial charge in [-0.3, -0.25) is 24.0 Å². The molecule has 11 nitrogen and oxygen atoms in total. The van der Waals surface area contributed by atoms with Crippen LogP contribution < -0.4 is 16.0 Å². The number of fused-ring (bicyclic) bond motifs is 1. The van der Waals surface area contributed by atoms with Crippen LogP contribution in [0, 0.1) is 11.8 Å². The molecule has 1 aliphatic carbocycles. The van der Waals surface area contributed by atoms with Gasteiger partial charge in [-0.05, 0) is 24.3 Å². The molecule has 0 radical (unpaired) electrons. The summed E-state index contributed by atoms with van der Waals surface area (Å²) in [6.45, 7) is 3.70. The summed E-state index contributed by atoms with van der Waals surface area (Å²) in [5.41, 5.74) is 0.843. The van der Waals surface area contributed by atoms with Crippen LogP contribution >= 0.6 is 0 Å². The molecule has 5 amide bonds. The Morgan fingerprint density at radius 2 is 1.76 bits per heavy atom. The number of hydrogen-bond acceptors (Lipinski definition) is 6. The Morgan fingerprint density at radius 3 is 2.44 bits per heavy atom. The molecule has 0 spiro atoms. The van der Waals surface area contributed by atoms with Gasteiger partial charge in [0, 0.05) is 38.4 Å². The predicted molar refractivity (Wildman–Crippen MR) is 151 cm³/mol. The number of nitrogens with one attached hydrogen (secondary N) is 3. The fourth-order valence-corrected chi connectivity index (χ4v) is 6.02. The molecule has 0 unspecified atom stereocenters. The SMILES string of the molecule is CC[C@H](C)[C@@H]1NC(=O)CN(C(=O)C2CCCC2)CCNC(=O)[C@H](Cc2ccccc2)NC(=O)[C@@H]2C[C@@H](O)CN2C1=O. The zero-order chi connectivity index (χ0) is 29.5. The Morgan fingerprint density at radius 1 is 1.05 bits per heavy atom. The van der Waals surface area contributed by atoms with E-state index in [4.69, 9.17) is 0 Å². The Kier molecular flexibility index (Phi) is 10.4. The lowest BCUT2D eigenvalue weighted by Gasteiger charge is -2.32. The number of benzene rings is 1. The molecule has 1 aromatic carbocycles. The number of amides is 5. The van der Waals surface area contributed by atoms with Crippen molar-refractivity contribution in [3.8, 4) is 0 Å². The Balaban J connectivity index is 1.65. The normalized spacial score (nSPS) is 27.8. The van der Waals surface area contributed by atoms with Crippen molar-refractivity contribution in [1.82, 2.24) is 25.8 Å². The zero-order valence-electron chi connectivity index (χ0n) is 24.0. The molecule has 0 aromatic heterocycles. The molecule has 2 heterocycles. The first-order valence-corrected chi connectivity index (χ1v) is 14.9. The van der Waals surface area contributed by atoms with Crippen LogP contribution in [0.25, 0.3) is 0 Å². The van der Waals surface area contributed by atoms with E-state index in [0.717, 1.165) is 31.2 Å². The molecular weight excluding hydrogens is 526 g/mol. The first-order chi connectivity index (χ1) is 19.7. The summed E-state index contributed by atoms with van der Waals surface area (Å²) < 4.78 is 0. The van der Waals surface area contributed by atoms with Crippen LogP contribution in [0.1, 0.15) is 57.9 Å². The maximum atomic E-state index is 13.8. The van der Waals surface area contributed by atoms with Crippen LogP contribution in [0.4, 0.5) is 0 Å². The van der Waals surface area contributed by atoms with Crippen molar-refractivity contribution in [3.05, 3.63) is 35.9 Å². The van der Waals surface area contributed by atoms with Gasteiger partial charge in [-0.1, -0.05) is 63.4 Å². The van der Waals surface area contributed by atoms with E-state index in [2.05, 4.69) is 16.0 Å². The van der Waals surface area contributed by atoms with Crippen molar-refractivity contribution in [3.63, 3.8) is 0 Å². The molecule has 2 saturated heterocycles. The molecule has 0 bridgehead atoms. The van der Waals surface area contributed by atoms with Gasteiger partial charge in [0.25, 0.3) is 0 Å². The van der Waals surface area contributed by atoms with Gasteiger partial charge >= 0.3 is 0 Å². The van der Waals surface area contributed by atoms with Crippen molar-refractivity contribution in [2.45, 2.75) is 83.0 Å². The van der Waals surface area contributed by atoms with E-state index in [1.807, 2.05) is 44.2 Å². The zero-order valence-corrected chi connectivity index (χ0v) is 24.0. The number of nitrogens with zero attached hydrogens (tertiary/aromatic N) is 2. The van der Waals surface area contributed by atoms with Gasteiger partial charge in [0.2, 0.25) is 29.5 Å². The average molecular weight is 570 g/mol. The van der Waals surface area contributed by atoms with Gasteiger partial charge in [0.1, 0.15) is 18.1 Å². The molecular formula is C30H43N5O6. The highest BCUT2D eigenvalue weighted by Gasteiger charge is 2.43. The molecule has 1 saturated carbocycles. The van der Waals surface area contributed by atoms with E-state index in [9.17, 15) is 29.1 Å².